The van der Waals surface area contributed by atoms with Gasteiger partial charge in [0.05, 0.1) is 5.75 Å². The number of rotatable bonds is 6. The third-order valence-electron chi connectivity index (χ3n) is 3.60. The SMILES string of the molecule is CCn1c(SCC(=O)Nc2ccc(Cl)cc2)nnc1-c1ccc(F)cc1. The van der Waals surface area contributed by atoms with Crippen LogP contribution in [-0.4, -0.2) is 26.4 Å². The molecule has 2 aromatic carbocycles. The number of benzene rings is 2. The first-order valence-electron chi connectivity index (χ1n) is 7.94. The van der Waals surface area contributed by atoms with E-state index in [1.54, 1.807) is 36.4 Å². The Morgan fingerprint density at radius 3 is 2.50 bits per heavy atom. The lowest BCUT2D eigenvalue weighted by Gasteiger charge is -2.08. The first-order chi connectivity index (χ1) is 12.6. The summed E-state index contributed by atoms with van der Waals surface area (Å²) in [6.45, 7) is 2.61. The molecule has 0 aliphatic carbocycles. The maximum Gasteiger partial charge on any atom is 0.234 e. The number of amides is 1. The molecule has 8 heteroatoms. The summed E-state index contributed by atoms with van der Waals surface area (Å²) in [5.74, 6) is 0.397. The minimum absolute atomic E-state index is 0.147. The van der Waals surface area contributed by atoms with E-state index in [4.69, 9.17) is 11.6 Å². The summed E-state index contributed by atoms with van der Waals surface area (Å²) in [6.07, 6.45) is 0. The second kappa shape index (κ2) is 8.33. The van der Waals surface area contributed by atoms with Gasteiger partial charge in [-0.15, -0.1) is 10.2 Å². The van der Waals surface area contributed by atoms with E-state index in [0.29, 0.717) is 28.2 Å². The predicted molar refractivity (Wildman–Crippen MR) is 102 cm³/mol. The van der Waals surface area contributed by atoms with Crippen molar-refractivity contribution in [1.82, 2.24) is 14.8 Å². The van der Waals surface area contributed by atoms with Gasteiger partial charge in [0.15, 0.2) is 11.0 Å². The number of hydrogen-bond acceptors (Lipinski definition) is 4. The lowest BCUT2D eigenvalue weighted by Crippen LogP contribution is -2.14. The molecule has 0 atom stereocenters. The molecule has 3 rings (SSSR count). The Morgan fingerprint density at radius 1 is 1.15 bits per heavy atom. The van der Waals surface area contributed by atoms with Crippen molar-refractivity contribution in [1.29, 1.82) is 0 Å². The zero-order chi connectivity index (χ0) is 18.5. The molecule has 0 unspecified atom stereocenters. The number of halogens is 2. The molecule has 5 nitrogen and oxygen atoms in total. The third kappa shape index (κ3) is 4.42. The normalized spacial score (nSPS) is 10.7. The summed E-state index contributed by atoms with van der Waals surface area (Å²) in [5.41, 5.74) is 1.46. The van der Waals surface area contributed by atoms with Crippen molar-refractivity contribution in [2.75, 3.05) is 11.1 Å². The zero-order valence-corrected chi connectivity index (χ0v) is 15.5. The highest BCUT2D eigenvalue weighted by Gasteiger charge is 2.14. The van der Waals surface area contributed by atoms with E-state index in [-0.39, 0.29) is 17.5 Å². The molecule has 26 heavy (non-hydrogen) atoms. The van der Waals surface area contributed by atoms with Crippen LogP contribution in [0.2, 0.25) is 5.02 Å². The van der Waals surface area contributed by atoms with Crippen molar-refractivity contribution < 1.29 is 9.18 Å². The number of aromatic nitrogens is 3. The first kappa shape index (κ1) is 18.4. The van der Waals surface area contributed by atoms with E-state index < -0.39 is 0 Å². The molecule has 3 aromatic rings. The van der Waals surface area contributed by atoms with Crippen molar-refractivity contribution in [3.63, 3.8) is 0 Å². The molecule has 1 N–H and O–H groups in total. The average molecular weight is 391 g/mol. The molecular formula is C18H16ClFN4OS. The van der Waals surface area contributed by atoms with Crippen LogP contribution in [0, 0.1) is 5.82 Å². The van der Waals surface area contributed by atoms with Gasteiger partial charge in [-0.2, -0.15) is 0 Å². The smallest absolute Gasteiger partial charge is 0.234 e. The molecular weight excluding hydrogens is 375 g/mol. The average Bonchev–Trinajstić information content (AvgIpc) is 3.05. The minimum Gasteiger partial charge on any atom is -0.325 e. The van der Waals surface area contributed by atoms with Gasteiger partial charge >= 0.3 is 0 Å². The Labute approximate surface area is 159 Å². The molecule has 0 radical (unpaired) electrons. The molecule has 1 amide bonds. The van der Waals surface area contributed by atoms with Crippen molar-refractivity contribution >= 4 is 35.0 Å². The Kier molecular flexibility index (Phi) is 5.90. The number of nitrogens with zero attached hydrogens (tertiary/aromatic N) is 3. The number of carbonyl (C=O) groups excluding carboxylic acids is 1. The fourth-order valence-electron chi connectivity index (χ4n) is 2.35. The number of carbonyl (C=O) groups is 1. The highest BCUT2D eigenvalue weighted by Crippen LogP contribution is 2.24. The predicted octanol–water partition coefficient (Wildman–Crippen LogP) is 4.49. The quantitative estimate of drug-likeness (QED) is 0.630. The lowest BCUT2D eigenvalue weighted by molar-refractivity contribution is -0.113. The lowest BCUT2D eigenvalue weighted by atomic mass is 10.2. The molecule has 0 saturated carbocycles. The molecule has 0 spiro atoms. The van der Waals surface area contributed by atoms with Crippen LogP contribution < -0.4 is 5.32 Å². The maximum atomic E-state index is 13.1. The first-order valence-corrected chi connectivity index (χ1v) is 9.30. The second-order valence-electron chi connectivity index (χ2n) is 5.40. The van der Waals surface area contributed by atoms with Crippen molar-refractivity contribution in [3.8, 4) is 11.4 Å². The van der Waals surface area contributed by atoms with E-state index in [2.05, 4.69) is 15.5 Å². The van der Waals surface area contributed by atoms with Gasteiger partial charge in [-0.3, -0.25) is 4.79 Å². The van der Waals surface area contributed by atoms with E-state index in [1.807, 2.05) is 11.5 Å². The van der Waals surface area contributed by atoms with Crippen LogP contribution >= 0.6 is 23.4 Å². The van der Waals surface area contributed by atoms with Gasteiger partial charge < -0.3 is 9.88 Å². The van der Waals surface area contributed by atoms with Crippen LogP contribution in [0.1, 0.15) is 6.92 Å². The summed E-state index contributed by atoms with van der Waals surface area (Å²) in [7, 11) is 0. The Bertz CT molecular complexity index is 897. The van der Waals surface area contributed by atoms with Gasteiger partial charge in [-0.05, 0) is 55.5 Å². The molecule has 1 heterocycles. The summed E-state index contributed by atoms with van der Waals surface area (Å²) in [5, 5.41) is 12.4. The van der Waals surface area contributed by atoms with Gasteiger partial charge in [-0.25, -0.2) is 4.39 Å². The van der Waals surface area contributed by atoms with Crippen LogP contribution in [0.3, 0.4) is 0 Å². The van der Waals surface area contributed by atoms with Crippen LogP contribution in [0.5, 0.6) is 0 Å². The van der Waals surface area contributed by atoms with E-state index in [9.17, 15) is 9.18 Å². The van der Waals surface area contributed by atoms with Crippen molar-refractivity contribution in [3.05, 3.63) is 59.4 Å². The van der Waals surface area contributed by atoms with Crippen LogP contribution in [0.25, 0.3) is 11.4 Å². The van der Waals surface area contributed by atoms with Gasteiger partial charge in [0.2, 0.25) is 5.91 Å². The summed E-state index contributed by atoms with van der Waals surface area (Å²) in [4.78, 5) is 12.1. The topological polar surface area (TPSA) is 59.8 Å². The van der Waals surface area contributed by atoms with Gasteiger partial charge in [0, 0.05) is 22.8 Å². The Hall–Kier alpha value is -2.38. The molecule has 0 aliphatic rings. The van der Waals surface area contributed by atoms with Gasteiger partial charge in [0.25, 0.3) is 0 Å². The second-order valence-corrected chi connectivity index (χ2v) is 6.78. The summed E-state index contributed by atoms with van der Waals surface area (Å²) >= 11 is 7.13. The Morgan fingerprint density at radius 2 is 1.85 bits per heavy atom. The molecule has 1 aromatic heterocycles. The number of anilines is 1. The number of nitrogens with one attached hydrogen (secondary N) is 1. The van der Waals surface area contributed by atoms with Crippen LogP contribution in [0.15, 0.2) is 53.7 Å². The third-order valence-corrected chi connectivity index (χ3v) is 4.81. The van der Waals surface area contributed by atoms with E-state index in [1.165, 1.54) is 23.9 Å². The summed E-state index contributed by atoms with van der Waals surface area (Å²) < 4.78 is 15.0. The van der Waals surface area contributed by atoms with Gasteiger partial charge in [-0.1, -0.05) is 23.4 Å². The highest BCUT2D eigenvalue weighted by atomic mass is 35.5. The minimum atomic E-state index is -0.301. The van der Waals surface area contributed by atoms with Crippen molar-refractivity contribution in [2.45, 2.75) is 18.6 Å². The molecule has 0 aliphatic heterocycles. The van der Waals surface area contributed by atoms with Crippen molar-refractivity contribution in [2.24, 2.45) is 0 Å². The highest BCUT2D eigenvalue weighted by molar-refractivity contribution is 7.99. The monoisotopic (exact) mass is 390 g/mol. The fraction of sp³-hybridized carbons (Fsp3) is 0.167. The molecule has 0 saturated heterocycles. The number of hydrogen-bond donors (Lipinski definition) is 1. The maximum absolute atomic E-state index is 13.1. The van der Waals surface area contributed by atoms with Crippen LogP contribution in [-0.2, 0) is 11.3 Å². The summed E-state index contributed by atoms with van der Waals surface area (Å²) in [6, 6.07) is 13.0. The standard InChI is InChI=1S/C18H16ClFN4OS/c1-2-24-17(12-3-7-14(20)8-4-12)22-23-18(24)26-11-16(25)21-15-9-5-13(19)6-10-15/h3-10H,2,11H2,1H3,(H,21,25). The number of thioether (sulfide) groups is 1. The molecule has 0 bridgehead atoms. The molecule has 0 fully saturated rings. The molecule has 134 valence electrons. The largest absolute Gasteiger partial charge is 0.325 e. The Balaban J connectivity index is 1.67. The van der Waals surface area contributed by atoms with Crippen LogP contribution in [0.4, 0.5) is 10.1 Å². The van der Waals surface area contributed by atoms with Gasteiger partial charge in [0.1, 0.15) is 5.82 Å². The fourth-order valence-corrected chi connectivity index (χ4v) is 3.28. The van der Waals surface area contributed by atoms with E-state index in [0.717, 1.165) is 5.56 Å². The van der Waals surface area contributed by atoms with E-state index >= 15 is 0 Å². The zero-order valence-electron chi connectivity index (χ0n) is 13.9.